The van der Waals surface area contributed by atoms with Crippen molar-refractivity contribution in [3.63, 3.8) is 0 Å². The smallest absolute Gasteiger partial charge is 0.315 e. The quantitative estimate of drug-likeness (QED) is 0.430. The second-order valence-electron chi connectivity index (χ2n) is 4.76. The fourth-order valence-corrected chi connectivity index (χ4v) is 2.24. The SMILES string of the molecule is COC(=O)Cc1nnc(-c2ccc(COc3ccc(I)cc3)o2)o1. The Hall–Kier alpha value is -2.36. The van der Waals surface area contributed by atoms with Crippen molar-refractivity contribution in [3.05, 3.63) is 51.6 Å². The van der Waals surface area contributed by atoms with Gasteiger partial charge in [-0.2, -0.15) is 0 Å². The van der Waals surface area contributed by atoms with E-state index in [-0.39, 0.29) is 24.8 Å². The van der Waals surface area contributed by atoms with E-state index in [1.54, 1.807) is 12.1 Å². The van der Waals surface area contributed by atoms with Crippen LogP contribution >= 0.6 is 22.6 Å². The van der Waals surface area contributed by atoms with Crippen LogP contribution in [0.2, 0.25) is 0 Å². The Kier molecular flexibility index (Phi) is 5.14. The van der Waals surface area contributed by atoms with Crippen LogP contribution in [0.25, 0.3) is 11.7 Å². The molecule has 0 atom stereocenters. The van der Waals surface area contributed by atoms with Crippen molar-refractivity contribution in [2.45, 2.75) is 13.0 Å². The van der Waals surface area contributed by atoms with Gasteiger partial charge in [-0.1, -0.05) is 0 Å². The number of halogens is 1. The third-order valence-electron chi connectivity index (χ3n) is 3.06. The standard InChI is InChI=1S/C16H13IN2O5/c1-21-15(20)8-14-18-19-16(24-14)13-7-6-12(23-13)9-22-11-4-2-10(17)3-5-11/h2-7H,8-9H2,1H3. The monoisotopic (exact) mass is 440 g/mol. The van der Waals surface area contributed by atoms with Crippen LogP contribution in [0.4, 0.5) is 0 Å². The van der Waals surface area contributed by atoms with Crippen LogP contribution in [0, 0.1) is 3.57 Å². The molecule has 0 fully saturated rings. The lowest BCUT2D eigenvalue weighted by Gasteiger charge is -2.03. The summed E-state index contributed by atoms with van der Waals surface area (Å²) in [6, 6.07) is 11.2. The summed E-state index contributed by atoms with van der Waals surface area (Å²) >= 11 is 2.23. The van der Waals surface area contributed by atoms with E-state index in [9.17, 15) is 4.79 Å². The van der Waals surface area contributed by atoms with Crippen molar-refractivity contribution >= 4 is 28.6 Å². The molecule has 0 bridgehead atoms. The van der Waals surface area contributed by atoms with Gasteiger partial charge in [0.2, 0.25) is 5.89 Å². The predicted molar refractivity (Wildman–Crippen MR) is 91.2 cm³/mol. The van der Waals surface area contributed by atoms with Gasteiger partial charge in [-0.05, 0) is 59.0 Å². The van der Waals surface area contributed by atoms with Gasteiger partial charge in [0.15, 0.2) is 5.76 Å². The van der Waals surface area contributed by atoms with Gasteiger partial charge in [0.05, 0.1) is 7.11 Å². The van der Waals surface area contributed by atoms with Crippen LogP contribution in [0.1, 0.15) is 11.7 Å². The van der Waals surface area contributed by atoms with E-state index in [1.165, 1.54) is 7.11 Å². The second kappa shape index (κ2) is 7.47. The molecule has 0 aliphatic heterocycles. The number of hydrogen-bond donors (Lipinski definition) is 0. The molecule has 124 valence electrons. The Morgan fingerprint density at radius 1 is 1.12 bits per heavy atom. The van der Waals surface area contributed by atoms with E-state index < -0.39 is 5.97 Å². The highest BCUT2D eigenvalue weighted by atomic mass is 127. The van der Waals surface area contributed by atoms with Crippen LogP contribution in [0.5, 0.6) is 5.75 Å². The molecule has 24 heavy (non-hydrogen) atoms. The first-order valence-corrected chi connectivity index (χ1v) is 8.08. The van der Waals surface area contributed by atoms with E-state index in [2.05, 4.69) is 37.5 Å². The fourth-order valence-electron chi connectivity index (χ4n) is 1.88. The van der Waals surface area contributed by atoms with Crippen molar-refractivity contribution in [3.8, 4) is 17.4 Å². The number of ether oxygens (including phenoxy) is 2. The largest absolute Gasteiger partial charge is 0.486 e. The topological polar surface area (TPSA) is 87.6 Å². The summed E-state index contributed by atoms with van der Waals surface area (Å²) in [7, 11) is 1.30. The number of nitrogens with zero attached hydrogens (tertiary/aromatic N) is 2. The van der Waals surface area contributed by atoms with Crippen molar-refractivity contribution in [1.82, 2.24) is 10.2 Å². The molecule has 0 saturated heterocycles. The molecule has 0 radical (unpaired) electrons. The average molecular weight is 440 g/mol. The Morgan fingerprint density at radius 3 is 2.67 bits per heavy atom. The highest BCUT2D eigenvalue weighted by Crippen LogP contribution is 2.22. The zero-order valence-electron chi connectivity index (χ0n) is 12.7. The van der Waals surface area contributed by atoms with Crippen molar-refractivity contribution in [2.24, 2.45) is 0 Å². The summed E-state index contributed by atoms with van der Waals surface area (Å²) in [5.41, 5.74) is 0. The number of rotatable bonds is 6. The maximum absolute atomic E-state index is 11.2. The zero-order valence-corrected chi connectivity index (χ0v) is 14.8. The molecule has 0 saturated carbocycles. The number of aromatic nitrogens is 2. The summed E-state index contributed by atoms with van der Waals surface area (Å²) in [5.74, 6) is 1.72. The lowest BCUT2D eigenvalue weighted by molar-refractivity contribution is -0.140. The van der Waals surface area contributed by atoms with Gasteiger partial charge in [-0.15, -0.1) is 10.2 Å². The first kappa shape index (κ1) is 16.5. The molecule has 0 spiro atoms. The number of furan rings is 1. The number of methoxy groups -OCH3 is 1. The lowest BCUT2D eigenvalue weighted by Crippen LogP contribution is -2.04. The minimum absolute atomic E-state index is 0.0764. The van der Waals surface area contributed by atoms with E-state index in [0.717, 1.165) is 9.32 Å². The van der Waals surface area contributed by atoms with Crippen LogP contribution in [-0.2, 0) is 22.6 Å². The average Bonchev–Trinajstić information content (AvgIpc) is 3.23. The van der Waals surface area contributed by atoms with Gasteiger partial charge < -0.3 is 18.3 Å². The Morgan fingerprint density at radius 2 is 1.92 bits per heavy atom. The van der Waals surface area contributed by atoms with Crippen LogP contribution < -0.4 is 4.74 Å². The predicted octanol–water partition coefficient (Wildman–Crippen LogP) is 3.23. The molecule has 3 aromatic rings. The summed E-state index contributed by atoms with van der Waals surface area (Å²) < 4.78 is 22.3. The Bertz CT molecular complexity index is 825. The van der Waals surface area contributed by atoms with Gasteiger partial charge in [0.1, 0.15) is 24.5 Å². The maximum atomic E-state index is 11.2. The molecule has 3 rings (SSSR count). The minimum Gasteiger partial charge on any atom is -0.486 e. The van der Waals surface area contributed by atoms with Gasteiger partial charge in [-0.25, -0.2) is 0 Å². The summed E-state index contributed by atoms with van der Waals surface area (Å²) in [5, 5.41) is 7.64. The highest BCUT2D eigenvalue weighted by molar-refractivity contribution is 14.1. The molecular weight excluding hydrogens is 427 g/mol. The molecule has 2 heterocycles. The third kappa shape index (κ3) is 4.13. The minimum atomic E-state index is -0.448. The van der Waals surface area contributed by atoms with Crippen molar-refractivity contribution < 1.29 is 23.1 Å². The number of benzene rings is 1. The Labute approximate surface area is 151 Å². The van der Waals surface area contributed by atoms with E-state index in [1.807, 2.05) is 24.3 Å². The van der Waals surface area contributed by atoms with Gasteiger partial charge in [0.25, 0.3) is 5.89 Å². The zero-order chi connectivity index (χ0) is 16.9. The summed E-state index contributed by atoms with van der Waals surface area (Å²) in [4.78, 5) is 11.2. The van der Waals surface area contributed by atoms with Gasteiger partial charge in [-0.3, -0.25) is 4.79 Å². The highest BCUT2D eigenvalue weighted by Gasteiger charge is 2.15. The molecule has 0 amide bonds. The molecular formula is C16H13IN2O5. The van der Waals surface area contributed by atoms with Crippen LogP contribution in [0.15, 0.2) is 45.2 Å². The lowest BCUT2D eigenvalue weighted by atomic mass is 10.3. The van der Waals surface area contributed by atoms with Gasteiger partial charge >= 0.3 is 5.97 Å². The second-order valence-corrected chi connectivity index (χ2v) is 6.01. The molecule has 8 heteroatoms. The van der Waals surface area contributed by atoms with E-state index in [4.69, 9.17) is 13.6 Å². The maximum Gasteiger partial charge on any atom is 0.315 e. The number of hydrogen-bond acceptors (Lipinski definition) is 7. The van der Waals surface area contributed by atoms with Crippen molar-refractivity contribution in [2.75, 3.05) is 7.11 Å². The van der Waals surface area contributed by atoms with Crippen LogP contribution in [0.3, 0.4) is 0 Å². The fraction of sp³-hybridized carbons (Fsp3) is 0.188. The molecule has 7 nitrogen and oxygen atoms in total. The molecule has 0 aliphatic carbocycles. The Balaban J connectivity index is 1.62. The van der Waals surface area contributed by atoms with E-state index >= 15 is 0 Å². The molecule has 0 aliphatic rings. The van der Waals surface area contributed by atoms with E-state index in [0.29, 0.717) is 11.5 Å². The third-order valence-corrected chi connectivity index (χ3v) is 3.78. The summed E-state index contributed by atoms with van der Waals surface area (Å²) in [6.45, 7) is 0.281. The van der Waals surface area contributed by atoms with Crippen molar-refractivity contribution in [1.29, 1.82) is 0 Å². The van der Waals surface area contributed by atoms with Crippen LogP contribution in [-0.4, -0.2) is 23.3 Å². The molecule has 0 unspecified atom stereocenters. The molecule has 0 N–H and O–H groups in total. The summed E-state index contributed by atoms with van der Waals surface area (Å²) in [6.07, 6.45) is -0.0764. The number of esters is 1. The normalized spacial score (nSPS) is 10.6. The first-order valence-electron chi connectivity index (χ1n) is 7.00. The number of carbonyl (C=O) groups excluding carboxylic acids is 1. The van der Waals surface area contributed by atoms with Gasteiger partial charge in [0, 0.05) is 3.57 Å². The molecule has 2 aromatic heterocycles. The number of carbonyl (C=O) groups is 1. The molecule has 1 aromatic carbocycles. The first-order chi connectivity index (χ1) is 11.6.